The molecule has 2 aromatic carbocycles. The van der Waals surface area contributed by atoms with E-state index in [2.05, 4.69) is 43.0 Å². The maximum atomic E-state index is 11.7. The van der Waals surface area contributed by atoms with Crippen molar-refractivity contribution in [1.82, 2.24) is 19.9 Å². The molecule has 2 N–H and O–H groups in total. The summed E-state index contributed by atoms with van der Waals surface area (Å²) in [5, 5.41) is 6.97. The maximum Gasteiger partial charge on any atom is 0.247 e. The van der Waals surface area contributed by atoms with Crippen LogP contribution in [0.2, 0.25) is 0 Å². The van der Waals surface area contributed by atoms with Crippen LogP contribution in [0.1, 0.15) is 0 Å². The quantitative estimate of drug-likeness (QED) is 0.322. The molecule has 5 rings (SSSR count). The molecule has 194 valence electrons. The van der Waals surface area contributed by atoms with Crippen molar-refractivity contribution in [3.8, 4) is 11.1 Å². The molecule has 1 saturated heterocycles. The van der Waals surface area contributed by atoms with Crippen LogP contribution in [0.15, 0.2) is 79.6 Å². The molecule has 0 atom stereocenters. The SMILES string of the molecule is C=CC(=O)Nc1cccc(-c2cccc3cnc(Nc4ccc(N5CCN(CCOC)CC5)cn4)nc23)c1. The lowest BCUT2D eigenvalue weighted by atomic mass is 10.0. The number of hydrogen-bond donors (Lipinski definition) is 2. The number of amides is 1. The molecule has 1 fully saturated rings. The van der Waals surface area contributed by atoms with Gasteiger partial charge in [-0.05, 0) is 35.9 Å². The Bertz CT molecular complexity index is 1420. The van der Waals surface area contributed by atoms with E-state index >= 15 is 0 Å². The van der Waals surface area contributed by atoms with E-state index in [1.165, 1.54) is 6.08 Å². The molecule has 3 heterocycles. The van der Waals surface area contributed by atoms with Crippen molar-refractivity contribution in [1.29, 1.82) is 0 Å². The van der Waals surface area contributed by atoms with Gasteiger partial charge in [-0.2, -0.15) is 0 Å². The fraction of sp³-hybridized carbons (Fsp3) is 0.241. The van der Waals surface area contributed by atoms with Gasteiger partial charge in [0.15, 0.2) is 0 Å². The summed E-state index contributed by atoms with van der Waals surface area (Å²) >= 11 is 0. The average Bonchev–Trinajstić information content (AvgIpc) is 2.96. The number of carbonyl (C=O) groups excluding carboxylic acids is 1. The molecule has 4 aromatic rings. The summed E-state index contributed by atoms with van der Waals surface area (Å²) in [7, 11) is 1.74. The lowest BCUT2D eigenvalue weighted by Crippen LogP contribution is -2.47. The summed E-state index contributed by atoms with van der Waals surface area (Å²) in [6, 6.07) is 17.7. The topological polar surface area (TPSA) is 95.5 Å². The molecule has 0 aliphatic carbocycles. The number of hydrogen-bond acceptors (Lipinski definition) is 8. The van der Waals surface area contributed by atoms with E-state index in [1.807, 2.05) is 54.7 Å². The summed E-state index contributed by atoms with van der Waals surface area (Å²) in [5.41, 5.74) is 4.48. The minimum atomic E-state index is -0.253. The lowest BCUT2D eigenvalue weighted by molar-refractivity contribution is -0.111. The van der Waals surface area contributed by atoms with Crippen molar-refractivity contribution in [3.63, 3.8) is 0 Å². The van der Waals surface area contributed by atoms with Gasteiger partial charge in [-0.15, -0.1) is 0 Å². The van der Waals surface area contributed by atoms with Crippen LogP contribution in [0.5, 0.6) is 0 Å². The van der Waals surface area contributed by atoms with E-state index in [0.717, 1.165) is 67.0 Å². The summed E-state index contributed by atoms with van der Waals surface area (Å²) in [5.74, 6) is 0.892. The number of benzene rings is 2. The number of pyridine rings is 1. The van der Waals surface area contributed by atoms with Gasteiger partial charge >= 0.3 is 0 Å². The summed E-state index contributed by atoms with van der Waals surface area (Å²) < 4.78 is 5.19. The maximum absolute atomic E-state index is 11.7. The monoisotopic (exact) mass is 509 g/mol. The molecular weight excluding hydrogens is 478 g/mol. The second-order valence-corrected chi connectivity index (χ2v) is 9.06. The lowest BCUT2D eigenvalue weighted by Gasteiger charge is -2.35. The number of nitrogens with zero attached hydrogens (tertiary/aromatic N) is 5. The number of methoxy groups -OCH3 is 1. The number of nitrogens with one attached hydrogen (secondary N) is 2. The van der Waals surface area contributed by atoms with Crippen molar-refractivity contribution in [2.75, 3.05) is 62.0 Å². The summed E-state index contributed by atoms with van der Waals surface area (Å²) in [6.07, 6.45) is 4.94. The largest absolute Gasteiger partial charge is 0.383 e. The van der Waals surface area contributed by atoms with Crippen LogP contribution in [-0.4, -0.2) is 72.2 Å². The second-order valence-electron chi connectivity index (χ2n) is 9.06. The van der Waals surface area contributed by atoms with Crippen molar-refractivity contribution in [3.05, 3.63) is 79.6 Å². The third-order valence-electron chi connectivity index (χ3n) is 6.57. The van der Waals surface area contributed by atoms with E-state index in [-0.39, 0.29) is 5.91 Å². The zero-order valence-corrected chi connectivity index (χ0v) is 21.4. The van der Waals surface area contributed by atoms with Gasteiger partial charge < -0.3 is 20.3 Å². The zero-order chi connectivity index (χ0) is 26.3. The first-order valence-electron chi connectivity index (χ1n) is 12.6. The number of piperazine rings is 1. The third-order valence-corrected chi connectivity index (χ3v) is 6.57. The first-order chi connectivity index (χ1) is 18.6. The Kier molecular flexibility index (Phi) is 7.86. The predicted molar refractivity (Wildman–Crippen MR) is 152 cm³/mol. The van der Waals surface area contributed by atoms with E-state index in [9.17, 15) is 4.79 Å². The Morgan fingerprint density at radius 2 is 1.89 bits per heavy atom. The van der Waals surface area contributed by atoms with Gasteiger partial charge in [0.2, 0.25) is 11.9 Å². The van der Waals surface area contributed by atoms with Crippen molar-refractivity contribution in [2.24, 2.45) is 0 Å². The van der Waals surface area contributed by atoms with Crippen LogP contribution >= 0.6 is 0 Å². The highest BCUT2D eigenvalue weighted by Gasteiger charge is 2.17. The predicted octanol–water partition coefficient (Wildman–Crippen LogP) is 4.33. The summed E-state index contributed by atoms with van der Waals surface area (Å²) in [6.45, 7) is 9.21. The summed E-state index contributed by atoms with van der Waals surface area (Å²) in [4.78, 5) is 30.4. The molecular formula is C29H31N7O2. The minimum absolute atomic E-state index is 0.253. The van der Waals surface area contributed by atoms with Gasteiger partial charge in [-0.1, -0.05) is 36.9 Å². The number of ether oxygens (including phenoxy) is 1. The number of anilines is 4. The Hall–Kier alpha value is -4.34. The van der Waals surface area contributed by atoms with Crippen LogP contribution in [-0.2, 0) is 9.53 Å². The van der Waals surface area contributed by atoms with Gasteiger partial charge in [0.1, 0.15) is 5.82 Å². The number of para-hydroxylation sites is 1. The first kappa shape index (κ1) is 25.3. The number of rotatable bonds is 9. The van der Waals surface area contributed by atoms with Crippen molar-refractivity contribution < 1.29 is 9.53 Å². The van der Waals surface area contributed by atoms with Gasteiger partial charge in [-0.25, -0.2) is 15.0 Å². The Labute approximate surface area is 222 Å². The van der Waals surface area contributed by atoms with Crippen LogP contribution in [0.25, 0.3) is 22.0 Å². The molecule has 0 saturated carbocycles. The van der Waals surface area contributed by atoms with Gasteiger partial charge in [0.05, 0.1) is 24.0 Å². The van der Waals surface area contributed by atoms with E-state index in [1.54, 1.807) is 13.3 Å². The molecule has 9 heteroatoms. The molecule has 9 nitrogen and oxygen atoms in total. The van der Waals surface area contributed by atoms with Crippen LogP contribution in [0.4, 0.5) is 23.1 Å². The van der Waals surface area contributed by atoms with Crippen LogP contribution in [0.3, 0.4) is 0 Å². The number of carbonyl (C=O) groups is 1. The highest BCUT2D eigenvalue weighted by molar-refractivity contribution is 6.00. The smallest absolute Gasteiger partial charge is 0.247 e. The highest BCUT2D eigenvalue weighted by Crippen LogP contribution is 2.30. The van der Waals surface area contributed by atoms with Gasteiger partial charge in [-0.3, -0.25) is 9.69 Å². The molecule has 1 aliphatic rings. The molecule has 2 aromatic heterocycles. The highest BCUT2D eigenvalue weighted by atomic mass is 16.5. The second kappa shape index (κ2) is 11.8. The molecule has 0 radical (unpaired) electrons. The standard InChI is InChI=1S/C29H31N7O2/c1-3-27(37)32-23-8-4-6-21(18-23)25-9-5-7-22-19-31-29(34-28(22)25)33-26-11-10-24(20-30-26)36-14-12-35(13-15-36)16-17-38-2/h3-11,18-20H,1,12-17H2,2H3,(H,32,37)(H,30,31,33,34). The first-order valence-corrected chi connectivity index (χ1v) is 12.6. The number of aromatic nitrogens is 3. The van der Waals surface area contributed by atoms with Gasteiger partial charge in [0, 0.05) is 62.7 Å². The molecule has 38 heavy (non-hydrogen) atoms. The Morgan fingerprint density at radius 1 is 1.05 bits per heavy atom. The Morgan fingerprint density at radius 3 is 2.66 bits per heavy atom. The molecule has 0 spiro atoms. The van der Waals surface area contributed by atoms with Crippen molar-refractivity contribution in [2.45, 2.75) is 0 Å². The zero-order valence-electron chi connectivity index (χ0n) is 21.4. The van der Waals surface area contributed by atoms with Crippen molar-refractivity contribution >= 4 is 40.0 Å². The van der Waals surface area contributed by atoms with E-state index in [4.69, 9.17) is 9.72 Å². The fourth-order valence-corrected chi connectivity index (χ4v) is 4.52. The third kappa shape index (κ3) is 5.96. The molecule has 0 bridgehead atoms. The average molecular weight is 510 g/mol. The Balaban J connectivity index is 1.31. The normalized spacial score (nSPS) is 13.9. The van der Waals surface area contributed by atoms with Gasteiger partial charge in [0.25, 0.3) is 0 Å². The fourth-order valence-electron chi connectivity index (χ4n) is 4.52. The van der Waals surface area contributed by atoms with Crippen LogP contribution in [0, 0.1) is 0 Å². The minimum Gasteiger partial charge on any atom is -0.383 e. The molecule has 0 unspecified atom stereocenters. The van der Waals surface area contributed by atoms with Crippen LogP contribution < -0.4 is 15.5 Å². The molecule has 1 amide bonds. The van der Waals surface area contributed by atoms with E-state index in [0.29, 0.717) is 17.5 Å². The number of fused-ring (bicyclic) bond motifs is 1. The van der Waals surface area contributed by atoms with E-state index < -0.39 is 0 Å². The molecule has 1 aliphatic heterocycles.